The van der Waals surface area contributed by atoms with E-state index in [0.29, 0.717) is 29.8 Å². The van der Waals surface area contributed by atoms with Gasteiger partial charge in [-0.1, -0.05) is 29.8 Å². The van der Waals surface area contributed by atoms with E-state index in [2.05, 4.69) is 4.74 Å². The van der Waals surface area contributed by atoms with Crippen molar-refractivity contribution < 1.29 is 41.8 Å². The van der Waals surface area contributed by atoms with Crippen molar-refractivity contribution in [3.8, 4) is 0 Å². The molecule has 0 unspecified atom stereocenters. The van der Waals surface area contributed by atoms with Gasteiger partial charge >= 0.3 is 24.1 Å². The normalized spacial score (nSPS) is 19.6. The van der Waals surface area contributed by atoms with Crippen molar-refractivity contribution in [2.45, 2.75) is 50.4 Å². The first-order valence-electron chi connectivity index (χ1n) is 9.64. The van der Waals surface area contributed by atoms with Gasteiger partial charge in [-0.05, 0) is 32.3 Å². The van der Waals surface area contributed by atoms with Crippen molar-refractivity contribution in [2.24, 2.45) is 0 Å². The summed E-state index contributed by atoms with van der Waals surface area (Å²) >= 11 is 6.30. The Balaban J connectivity index is 2.05. The number of ketones is 1. The number of carbonyl (C=O) groups excluding carboxylic acids is 4. The number of nitrogens with one attached hydrogen (secondary N) is 1. The first kappa shape index (κ1) is 25.4. The number of benzene rings is 1. The fraction of sp³-hybridized carbons (Fsp3) is 0.500. The third kappa shape index (κ3) is 5.50. The van der Waals surface area contributed by atoms with Crippen LogP contribution in [0, 0.1) is 0 Å². The number of likely N-dealkylation sites (N-methyl/N-ethyl adjacent to an activating group) is 1. The smallest absolute Gasteiger partial charge is 0.426 e. The van der Waals surface area contributed by atoms with Crippen molar-refractivity contribution >= 4 is 35.4 Å². The maximum atomic E-state index is 12.9. The predicted molar refractivity (Wildman–Crippen MR) is 105 cm³/mol. The van der Waals surface area contributed by atoms with Crippen LogP contribution in [0.15, 0.2) is 24.3 Å². The van der Waals surface area contributed by atoms with E-state index < -0.39 is 42.5 Å². The van der Waals surface area contributed by atoms with Crippen molar-refractivity contribution in [3.63, 3.8) is 0 Å². The second-order valence-electron chi connectivity index (χ2n) is 7.21. The van der Waals surface area contributed by atoms with Gasteiger partial charge in [0, 0.05) is 24.1 Å². The molecule has 1 aromatic rings. The zero-order chi connectivity index (χ0) is 24.1. The minimum atomic E-state index is -5.16. The molecule has 2 rings (SSSR count). The van der Waals surface area contributed by atoms with E-state index in [1.807, 2.05) is 0 Å². The summed E-state index contributed by atoms with van der Waals surface area (Å²) in [6.45, 7) is 0.0496. The largest absolute Gasteiger partial charge is 0.471 e. The van der Waals surface area contributed by atoms with Crippen LogP contribution in [0.3, 0.4) is 0 Å². The molecule has 8 nitrogen and oxygen atoms in total. The molecule has 1 fully saturated rings. The van der Waals surface area contributed by atoms with E-state index in [0.717, 1.165) is 11.8 Å². The minimum Gasteiger partial charge on any atom is -0.426 e. The Morgan fingerprint density at radius 3 is 2.47 bits per heavy atom. The maximum absolute atomic E-state index is 12.9. The number of halogens is 4. The van der Waals surface area contributed by atoms with Crippen LogP contribution in [0.25, 0.3) is 0 Å². The molecule has 2 atom stereocenters. The van der Waals surface area contributed by atoms with Gasteiger partial charge in [0.1, 0.15) is 11.6 Å². The van der Waals surface area contributed by atoms with Crippen LogP contribution in [-0.4, -0.2) is 54.7 Å². The van der Waals surface area contributed by atoms with Gasteiger partial charge in [-0.2, -0.15) is 13.2 Å². The van der Waals surface area contributed by atoms with Crippen LogP contribution < -0.4 is 5.32 Å². The molecule has 0 radical (unpaired) electrons. The molecule has 0 heterocycles. The molecule has 0 bridgehead atoms. The summed E-state index contributed by atoms with van der Waals surface area (Å²) < 4.78 is 46.3. The number of carbonyl (C=O) groups is 4. The molecule has 1 aromatic carbocycles. The first-order chi connectivity index (χ1) is 14.9. The Hall–Kier alpha value is -2.82. The van der Waals surface area contributed by atoms with Gasteiger partial charge in [0.15, 0.2) is 5.78 Å². The lowest BCUT2D eigenvalue weighted by Gasteiger charge is -2.43. The summed E-state index contributed by atoms with van der Waals surface area (Å²) in [6.07, 6.45) is -4.31. The molecule has 1 aliphatic carbocycles. The molecular weight excluding hydrogens is 457 g/mol. The standard InChI is InChI=1S/C20H22ClF3N2O6/c1-12(25-17(29)20(22,23)24)16(28)31-11-32-18(30)26(2)19(10-6-5-9-15(19)27)13-7-3-4-8-14(13)21/h3-4,7-8,12H,5-6,9-11H2,1-2H3,(H,25,29)/t12-,19-/m0/s1. The molecule has 0 aromatic heterocycles. The molecule has 1 aliphatic rings. The highest BCUT2D eigenvalue weighted by Crippen LogP contribution is 2.42. The van der Waals surface area contributed by atoms with Crippen LogP contribution in [-0.2, 0) is 29.4 Å². The van der Waals surface area contributed by atoms with Gasteiger partial charge in [-0.15, -0.1) is 0 Å². The number of amides is 2. The van der Waals surface area contributed by atoms with E-state index in [9.17, 15) is 32.3 Å². The molecule has 1 saturated carbocycles. The van der Waals surface area contributed by atoms with Crippen LogP contribution in [0.1, 0.15) is 38.2 Å². The Morgan fingerprint density at radius 2 is 1.88 bits per heavy atom. The lowest BCUT2D eigenvalue weighted by Crippen LogP contribution is -2.54. The predicted octanol–water partition coefficient (Wildman–Crippen LogP) is 3.31. The number of alkyl halides is 3. The number of nitrogens with zero attached hydrogens (tertiary/aromatic N) is 1. The van der Waals surface area contributed by atoms with Crippen LogP contribution >= 0.6 is 11.6 Å². The molecule has 0 saturated heterocycles. The second kappa shape index (κ2) is 10.2. The fourth-order valence-electron chi connectivity index (χ4n) is 3.48. The summed E-state index contributed by atoms with van der Waals surface area (Å²) in [5.41, 5.74) is -0.933. The second-order valence-corrected chi connectivity index (χ2v) is 7.62. The fourth-order valence-corrected chi connectivity index (χ4v) is 3.77. The average molecular weight is 479 g/mol. The van der Waals surface area contributed by atoms with Gasteiger partial charge in [-0.25, -0.2) is 9.59 Å². The number of hydrogen-bond acceptors (Lipinski definition) is 6. The number of esters is 1. The van der Waals surface area contributed by atoms with E-state index in [1.165, 1.54) is 12.4 Å². The van der Waals surface area contributed by atoms with Crippen LogP contribution in [0.5, 0.6) is 0 Å². The summed E-state index contributed by atoms with van der Waals surface area (Å²) in [6, 6.07) is 4.97. The first-order valence-corrected chi connectivity index (χ1v) is 10.0. The van der Waals surface area contributed by atoms with Gasteiger partial charge in [-0.3, -0.25) is 14.5 Å². The molecule has 176 valence electrons. The zero-order valence-corrected chi connectivity index (χ0v) is 18.1. The third-order valence-electron chi connectivity index (χ3n) is 5.16. The Morgan fingerprint density at radius 1 is 1.22 bits per heavy atom. The minimum absolute atomic E-state index is 0.225. The van der Waals surface area contributed by atoms with Gasteiger partial charge in [0.2, 0.25) is 6.79 Å². The average Bonchev–Trinajstić information content (AvgIpc) is 2.73. The lowest BCUT2D eigenvalue weighted by atomic mass is 9.74. The monoisotopic (exact) mass is 478 g/mol. The number of rotatable bonds is 6. The molecule has 2 amide bonds. The Labute approximate surface area is 187 Å². The van der Waals surface area contributed by atoms with E-state index in [1.54, 1.807) is 24.3 Å². The molecule has 32 heavy (non-hydrogen) atoms. The van der Waals surface area contributed by atoms with Crippen molar-refractivity contribution in [2.75, 3.05) is 13.8 Å². The highest BCUT2D eigenvalue weighted by molar-refractivity contribution is 6.31. The molecular formula is C20H22ClF3N2O6. The van der Waals surface area contributed by atoms with E-state index in [4.69, 9.17) is 16.3 Å². The van der Waals surface area contributed by atoms with Crippen LogP contribution in [0.4, 0.5) is 18.0 Å². The third-order valence-corrected chi connectivity index (χ3v) is 5.49. The summed E-state index contributed by atoms with van der Waals surface area (Å²) in [7, 11) is 1.35. The molecule has 0 spiro atoms. The zero-order valence-electron chi connectivity index (χ0n) is 17.3. The molecule has 1 N–H and O–H groups in total. The summed E-state index contributed by atoms with van der Waals surface area (Å²) in [5.74, 6) is -3.78. The summed E-state index contributed by atoms with van der Waals surface area (Å²) in [5, 5.41) is 1.72. The van der Waals surface area contributed by atoms with E-state index in [-0.39, 0.29) is 12.2 Å². The molecule has 12 heteroatoms. The van der Waals surface area contributed by atoms with E-state index >= 15 is 0 Å². The van der Waals surface area contributed by atoms with Gasteiger partial charge < -0.3 is 14.8 Å². The topological polar surface area (TPSA) is 102 Å². The number of Topliss-reactive ketones (excluding diaryl/α,β-unsaturated/α-hetero) is 1. The summed E-state index contributed by atoms with van der Waals surface area (Å²) in [4.78, 5) is 49.3. The number of ether oxygens (including phenoxy) is 2. The maximum Gasteiger partial charge on any atom is 0.471 e. The Kier molecular flexibility index (Phi) is 8.11. The molecule has 0 aliphatic heterocycles. The lowest BCUT2D eigenvalue weighted by molar-refractivity contribution is -0.176. The highest BCUT2D eigenvalue weighted by atomic mass is 35.5. The van der Waals surface area contributed by atoms with Gasteiger partial charge in [0.05, 0.1) is 0 Å². The van der Waals surface area contributed by atoms with Gasteiger partial charge in [0.25, 0.3) is 0 Å². The van der Waals surface area contributed by atoms with Crippen molar-refractivity contribution in [1.82, 2.24) is 10.2 Å². The highest BCUT2D eigenvalue weighted by Gasteiger charge is 2.48. The SMILES string of the molecule is C[C@H](NC(=O)C(F)(F)F)C(=O)OCOC(=O)N(C)[C@]1(c2ccccc2Cl)CCCCC1=O. The van der Waals surface area contributed by atoms with Crippen molar-refractivity contribution in [3.05, 3.63) is 34.9 Å². The quantitative estimate of drug-likeness (QED) is 0.497. The van der Waals surface area contributed by atoms with Crippen molar-refractivity contribution in [1.29, 1.82) is 0 Å². The van der Waals surface area contributed by atoms with Crippen LogP contribution in [0.2, 0.25) is 5.02 Å². The Bertz CT molecular complexity index is 894. The number of hydrogen-bond donors (Lipinski definition) is 1.